The smallest absolute Gasteiger partial charge is 0.320 e. The summed E-state index contributed by atoms with van der Waals surface area (Å²) in [5, 5.41) is 12.0. The number of urea groups is 1. The first-order valence-electron chi connectivity index (χ1n) is 7.60. The van der Waals surface area contributed by atoms with E-state index in [1.54, 1.807) is 4.90 Å². The van der Waals surface area contributed by atoms with Crippen molar-refractivity contribution < 1.29 is 19.5 Å². The Morgan fingerprint density at radius 3 is 2.52 bits per heavy atom. The van der Waals surface area contributed by atoms with Crippen molar-refractivity contribution in [2.75, 3.05) is 26.2 Å². The van der Waals surface area contributed by atoms with Crippen molar-refractivity contribution in [3.05, 3.63) is 0 Å². The average Bonchev–Trinajstić information content (AvgIpc) is 2.96. The van der Waals surface area contributed by atoms with Gasteiger partial charge in [0.25, 0.3) is 0 Å². The van der Waals surface area contributed by atoms with Gasteiger partial charge in [-0.2, -0.15) is 0 Å². The molecule has 0 aliphatic carbocycles. The SMILES string of the molecule is O=C1CCC2CN(C(=O)N3CCC(C(=O)O)C3)CCC2N1. The first kappa shape index (κ1) is 14.2. The van der Waals surface area contributed by atoms with Gasteiger partial charge in [-0.15, -0.1) is 0 Å². The second-order valence-corrected chi connectivity index (χ2v) is 6.26. The quantitative estimate of drug-likeness (QED) is 0.718. The normalized spacial score (nSPS) is 32.6. The summed E-state index contributed by atoms with van der Waals surface area (Å²) in [5.41, 5.74) is 0. The minimum atomic E-state index is -0.820. The summed E-state index contributed by atoms with van der Waals surface area (Å²) in [6.07, 6.45) is 2.70. The van der Waals surface area contributed by atoms with E-state index in [0.717, 1.165) is 12.8 Å². The zero-order chi connectivity index (χ0) is 15.0. The third kappa shape index (κ3) is 2.82. The van der Waals surface area contributed by atoms with Gasteiger partial charge in [0.1, 0.15) is 0 Å². The number of likely N-dealkylation sites (tertiary alicyclic amines) is 2. The van der Waals surface area contributed by atoms with Crippen LogP contribution in [0.1, 0.15) is 25.7 Å². The molecule has 3 aliphatic rings. The minimum Gasteiger partial charge on any atom is -0.481 e. The lowest BCUT2D eigenvalue weighted by Gasteiger charge is -2.42. The van der Waals surface area contributed by atoms with Crippen LogP contribution >= 0.6 is 0 Å². The van der Waals surface area contributed by atoms with Gasteiger partial charge in [0.15, 0.2) is 0 Å². The molecule has 3 saturated heterocycles. The monoisotopic (exact) mass is 295 g/mol. The van der Waals surface area contributed by atoms with E-state index in [2.05, 4.69) is 5.32 Å². The minimum absolute atomic E-state index is 0.0471. The number of piperidine rings is 2. The molecule has 3 rings (SSSR count). The number of rotatable bonds is 1. The van der Waals surface area contributed by atoms with Crippen molar-refractivity contribution in [1.29, 1.82) is 0 Å². The van der Waals surface area contributed by atoms with Gasteiger partial charge >= 0.3 is 12.0 Å². The Kier molecular flexibility index (Phi) is 3.73. The predicted octanol–water partition coefficient (Wildman–Crippen LogP) is 0.113. The fraction of sp³-hybridized carbons (Fsp3) is 0.786. The van der Waals surface area contributed by atoms with Crippen LogP contribution in [0.25, 0.3) is 0 Å². The zero-order valence-electron chi connectivity index (χ0n) is 12.0. The summed E-state index contributed by atoms with van der Waals surface area (Å²) in [4.78, 5) is 38.3. The molecule has 0 aromatic heterocycles. The molecule has 3 fully saturated rings. The molecule has 2 N–H and O–H groups in total. The van der Waals surface area contributed by atoms with Gasteiger partial charge in [-0.05, 0) is 25.2 Å². The molecule has 0 spiro atoms. The molecule has 3 unspecified atom stereocenters. The number of fused-ring (bicyclic) bond motifs is 1. The fourth-order valence-electron chi connectivity index (χ4n) is 3.62. The predicted molar refractivity (Wildman–Crippen MR) is 73.6 cm³/mol. The summed E-state index contributed by atoms with van der Waals surface area (Å²) >= 11 is 0. The molecule has 3 aliphatic heterocycles. The first-order valence-corrected chi connectivity index (χ1v) is 7.60. The van der Waals surface area contributed by atoms with Gasteiger partial charge in [-0.3, -0.25) is 9.59 Å². The van der Waals surface area contributed by atoms with E-state index in [9.17, 15) is 14.4 Å². The van der Waals surface area contributed by atoms with Gasteiger partial charge in [0.2, 0.25) is 5.91 Å². The lowest BCUT2D eigenvalue weighted by Crippen LogP contribution is -2.56. The van der Waals surface area contributed by atoms with E-state index < -0.39 is 11.9 Å². The van der Waals surface area contributed by atoms with Gasteiger partial charge in [-0.25, -0.2) is 4.79 Å². The van der Waals surface area contributed by atoms with Crippen LogP contribution in [0.15, 0.2) is 0 Å². The van der Waals surface area contributed by atoms with Crippen molar-refractivity contribution in [2.24, 2.45) is 11.8 Å². The number of amides is 3. The molecule has 116 valence electrons. The maximum Gasteiger partial charge on any atom is 0.320 e. The summed E-state index contributed by atoms with van der Waals surface area (Å²) in [5.74, 6) is -0.808. The van der Waals surface area contributed by atoms with Crippen LogP contribution in [0.2, 0.25) is 0 Å². The van der Waals surface area contributed by atoms with Crippen molar-refractivity contribution in [3.63, 3.8) is 0 Å². The summed E-state index contributed by atoms with van der Waals surface area (Å²) in [6.45, 7) is 2.14. The number of hydrogen-bond donors (Lipinski definition) is 2. The first-order chi connectivity index (χ1) is 10.0. The summed E-state index contributed by atoms with van der Waals surface area (Å²) < 4.78 is 0. The Hall–Kier alpha value is -1.79. The topological polar surface area (TPSA) is 90.0 Å². The number of carbonyl (C=O) groups is 3. The van der Waals surface area contributed by atoms with Crippen LogP contribution in [-0.2, 0) is 9.59 Å². The third-order valence-electron chi connectivity index (χ3n) is 4.90. The second-order valence-electron chi connectivity index (χ2n) is 6.26. The number of nitrogens with zero attached hydrogens (tertiary/aromatic N) is 2. The van der Waals surface area contributed by atoms with E-state index >= 15 is 0 Å². The number of carboxylic acids is 1. The number of aliphatic carboxylic acids is 1. The van der Waals surface area contributed by atoms with Crippen LogP contribution in [0, 0.1) is 11.8 Å². The highest BCUT2D eigenvalue weighted by molar-refractivity contribution is 5.79. The highest BCUT2D eigenvalue weighted by atomic mass is 16.4. The summed E-state index contributed by atoms with van der Waals surface area (Å²) in [7, 11) is 0. The number of carboxylic acid groups (broad SMARTS) is 1. The van der Waals surface area contributed by atoms with E-state index in [4.69, 9.17) is 5.11 Å². The molecular weight excluding hydrogens is 274 g/mol. The van der Waals surface area contributed by atoms with Crippen LogP contribution < -0.4 is 5.32 Å². The highest BCUT2D eigenvalue weighted by Crippen LogP contribution is 2.27. The highest BCUT2D eigenvalue weighted by Gasteiger charge is 2.38. The van der Waals surface area contributed by atoms with Crippen molar-refractivity contribution in [1.82, 2.24) is 15.1 Å². The molecular formula is C14H21N3O4. The van der Waals surface area contributed by atoms with Crippen LogP contribution in [-0.4, -0.2) is 65.0 Å². The van der Waals surface area contributed by atoms with Crippen LogP contribution in [0.4, 0.5) is 4.79 Å². The Morgan fingerprint density at radius 1 is 1.10 bits per heavy atom. The average molecular weight is 295 g/mol. The van der Waals surface area contributed by atoms with Gasteiger partial charge in [0, 0.05) is 38.6 Å². The zero-order valence-corrected chi connectivity index (χ0v) is 12.0. The molecule has 0 aromatic carbocycles. The maximum absolute atomic E-state index is 12.5. The van der Waals surface area contributed by atoms with Crippen LogP contribution in [0.3, 0.4) is 0 Å². The van der Waals surface area contributed by atoms with Crippen molar-refractivity contribution in [2.45, 2.75) is 31.7 Å². The van der Waals surface area contributed by atoms with Gasteiger partial charge in [0.05, 0.1) is 5.92 Å². The molecule has 0 aromatic rings. The molecule has 7 nitrogen and oxygen atoms in total. The van der Waals surface area contributed by atoms with Gasteiger partial charge < -0.3 is 20.2 Å². The molecule has 3 amide bonds. The van der Waals surface area contributed by atoms with E-state index in [-0.39, 0.29) is 18.0 Å². The van der Waals surface area contributed by atoms with Gasteiger partial charge in [-0.1, -0.05) is 0 Å². The molecule has 21 heavy (non-hydrogen) atoms. The van der Waals surface area contributed by atoms with E-state index in [0.29, 0.717) is 44.9 Å². The number of nitrogens with one attached hydrogen (secondary N) is 1. The molecule has 3 atom stereocenters. The van der Waals surface area contributed by atoms with E-state index in [1.807, 2.05) is 4.90 Å². The Labute approximate surface area is 123 Å². The maximum atomic E-state index is 12.5. The number of hydrogen-bond acceptors (Lipinski definition) is 3. The van der Waals surface area contributed by atoms with Crippen LogP contribution in [0.5, 0.6) is 0 Å². The van der Waals surface area contributed by atoms with Crippen molar-refractivity contribution >= 4 is 17.9 Å². The Bertz CT molecular complexity index is 467. The second kappa shape index (κ2) is 5.54. The summed E-state index contributed by atoms with van der Waals surface area (Å²) in [6, 6.07) is 0.148. The molecule has 0 radical (unpaired) electrons. The molecule has 7 heteroatoms. The molecule has 3 heterocycles. The standard InChI is InChI=1S/C14H21N3O4/c18-12-2-1-9-7-17(6-4-11(9)15-12)14(21)16-5-3-10(8-16)13(19)20/h9-11H,1-8H2,(H,15,18)(H,19,20). The fourth-order valence-corrected chi connectivity index (χ4v) is 3.62. The largest absolute Gasteiger partial charge is 0.481 e. The Balaban J connectivity index is 1.57. The van der Waals surface area contributed by atoms with E-state index in [1.165, 1.54) is 0 Å². The Morgan fingerprint density at radius 2 is 1.81 bits per heavy atom. The molecule has 0 saturated carbocycles. The van der Waals surface area contributed by atoms with Crippen molar-refractivity contribution in [3.8, 4) is 0 Å². The number of carbonyl (C=O) groups excluding carboxylic acids is 2. The molecule has 0 bridgehead atoms. The lowest BCUT2D eigenvalue weighted by atomic mass is 9.85. The third-order valence-corrected chi connectivity index (χ3v) is 4.90. The lowest BCUT2D eigenvalue weighted by molar-refractivity contribution is -0.141.